The van der Waals surface area contributed by atoms with Gasteiger partial charge < -0.3 is 20.7 Å². The molecule has 1 unspecified atom stereocenters. The molecule has 4 rings (SSSR count). The molecule has 1 aromatic rings. The van der Waals surface area contributed by atoms with Gasteiger partial charge in [0.2, 0.25) is 5.91 Å². The molecule has 0 bridgehead atoms. The number of nitrogens with one attached hydrogen (secondary N) is 1. The summed E-state index contributed by atoms with van der Waals surface area (Å²) in [5.41, 5.74) is 8.69. The molecule has 1 saturated heterocycles. The molecule has 6 heteroatoms. The van der Waals surface area contributed by atoms with Gasteiger partial charge in [0, 0.05) is 31.3 Å². The summed E-state index contributed by atoms with van der Waals surface area (Å²) in [5.74, 6) is 0.668. The molecule has 2 fully saturated rings. The van der Waals surface area contributed by atoms with Crippen molar-refractivity contribution in [3.63, 3.8) is 0 Å². The second kappa shape index (κ2) is 8.15. The van der Waals surface area contributed by atoms with Crippen LogP contribution in [0.5, 0.6) is 0 Å². The molecule has 5 nitrogen and oxygen atoms in total. The number of likely N-dealkylation sites (tertiary alicyclic amines) is 1. The van der Waals surface area contributed by atoms with Crippen molar-refractivity contribution in [3.8, 4) is 0 Å². The van der Waals surface area contributed by atoms with Gasteiger partial charge in [0.15, 0.2) is 0 Å². The molecule has 2 heterocycles. The van der Waals surface area contributed by atoms with Crippen molar-refractivity contribution in [1.82, 2.24) is 4.90 Å². The second-order valence-corrected chi connectivity index (χ2v) is 7.78. The van der Waals surface area contributed by atoms with Gasteiger partial charge in [-0.3, -0.25) is 4.79 Å². The van der Waals surface area contributed by atoms with E-state index in [1.54, 1.807) is 7.11 Å². The molecule has 144 valence electrons. The van der Waals surface area contributed by atoms with Crippen LogP contribution >= 0.6 is 12.4 Å². The minimum atomic E-state index is -0.00424. The number of halogens is 1. The number of nitrogens with zero attached hydrogens (tertiary/aromatic N) is 1. The second-order valence-electron chi connectivity index (χ2n) is 7.78. The van der Waals surface area contributed by atoms with Crippen LogP contribution in [0.2, 0.25) is 0 Å². The number of rotatable bonds is 3. The number of hydrogen-bond donors (Lipinski definition) is 2. The Balaban J connectivity index is 0.00000196. The number of amides is 1. The van der Waals surface area contributed by atoms with E-state index in [4.69, 9.17) is 10.5 Å². The van der Waals surface area contributed by atoms with Gasteiger partial charge in [-0.05, 0) is 30.9 Å². The van der Waals surface area contributed by atoms with E-state index in [0.717, 1.165) is 44.3 Å². The lowest BCUT2D eigenvalue weighted by molar-refractivity contribution is -0.138. The number of hydrogen-bond acceptors (Lipinski definition) is 4. The van der Waals surface area contributed by atoms with Gasteiger partial charge >= 0.3 is 0 Å². The molecule has 26 heavy (non-hydrogen) atoms. The molecule has 1 aliphatic carbocycles. The van der Waals surface area contributed by atoms with Gasteiger partial charge in [0.25, 0.3) is 0 Å². The van der Waals surface area contributed by atoms with Gasteiger partial charge in [-0.25, -0.2) is 0 Å². The third-order valence-electron chi connectivity index (χ3n) is 6.35. The predicted octanol–water partition coefficient (Wildman–Crippen LogP) is 2.96. The number of fused-ring (bicyclic) bond motifs is 3. The zero-order chi connectivity index (χ0) is 17.4. The number of ether oxygens (including phenoxy) is 1. The van der Waals surface area contributed by atoms with Crippen molar-refractivity contribution in [2.75, 3.05) is 25.6 Å². The first-order valence-electron chi connectivity index (χ1n) is 9.61. The molecule has 3 N–H and O–H groups in total. The lowest BCUT2D eigenvalue weighted by Crippen LogP contribution is -2.48. The van der Waals surface area contributed by atoms with E-state index in [0.29, 0.717) is 12.5 Å². The summed E-state index contributed by atoms with van der Waals surface area (Å²) in [6.07, 6.45) is 5.21. The van der Waals surface area contributed by atoms with Crippen LogP contribution < -0.4 is 11.1 Å². The number of carbonyl (C=O) groups excluding carboxylic acids is 1. The Kier molecular flexibility index (Phi) is 6.10. The third-order valence-corrected chi connectivity index (χ3v) is 6.35. The topological polar surface area (TPSA) is 67.6 Å². The van der Waals surface area contributed by atoms with Gasteiger partial charge in [-0.15, -0.1) is 12.4 Å². The molecule has 1 amide bonds. The fraction of sp³-hybridized carbons (Fsp3) is 0.650. The van der Waals surface area contributed by atoms with Gasteiger partial charge in [-0.1, -0.05) is 31.0 Å². The minimum Gasteiger partial charge on any atom is -0.383 e. The van der Waals surface area contributed by atoms with E-state index < -0.39 is 0 Å². The smallest absolute Gasteiger partial charge is 0.227 e. The van der Waals surface area contributed by atoms with E-state index in [-0.39, 0.29) is 42.4 Å². The monoisotopic (exact) mass is 379 g/mol. The van der Waals surface area contributed by atoms with Crippen LogP contribution in [0, 0.1) is 11.8 Å². The standard InChI is InChI=1S/C20H29N3O2.ClH/c1-25-12-18-15-10-11-23(20(24)13-6-2-4-8-16(13)21)19(15)14-7-3-5-9-17(14)22-18;/h3,5,7,9,13,15-16,18-19,22H,2,4,6,8,10-12,21H2,1H3;1H/t13-,15+,16+,18?,19-;/m0./s1. The Hall–Kier alpha value is -1.30. The van der Waals surface area contributed by atoms with Crippen molar-refractivity contribution >= 4 is 24.0 Å². The summed E-state index contributed by atoms with van der Waals surface area (Å²) in [5, 5.41) is 3.63. The Bertz CT molecular complexity index is 641. The maximum absolute atomic E-state index is 13.3. The van der Waals surface area contributed by atoms with E-state index in [1.165, 1.54) is 5.56 Å². The maximum atomic E-state index is 13.3. The van der Waals surface area contributed by atoms with Crippen LogP contribution in [0.15, 0.2) is 24.3 Å². The van der Waals surface area contributed by atoms with Crippen LogP contribution in [-0.2, 0) is 9.53 Å². The van der Waals surface area contributed by atoms with Crippen LogP contribution in [0.1, 0.15) is 43.7 Å². The molecule has 3 aliphatic rings. The molecule has 1 saturated carbocycles. The van der Waals surface area contributed by atoms with Crippen molar-refractivity contribution in [2.45, 2.75) is 50.2 Å². The zero-order valence-corrected chi connectivity index (χ0v) is 16.2. The molecule has 0 radical (unpaired) electrons. The first-order chi connectivity index (χ1) is 12.2. The fourth-order valence-corrected chi connectivity index (χ4v) is 5.10. The first kappa shape index (κ1) is 19.5. The molecule has 5 atom stereocenters. The number of carbonyl (C=O) groups is 1. The highest BCUT2D eigenvalue weighted by molar-refractivity contribution is 5.85. The Morgan fingerprint density at radius 1 is 1.27 bits per heavy atom. The maximum Gasteiger partial charge on any atom is 0.227 e. The molecular formula is C20H30ClN3O2. The Morgan fingerprint density at radius 3 is 2.81 bits per heavy atom. The highest BCUT2D eigenvalue weighted by atomic mass is 35.5. The molecule has 2 aliphatic heterocycles. The van der Waals surface area contributed by atoms with Gasteiger partial charge in [0.1, 0.15) is 0 Å². The first-order valence-corrected chi connectivity index (χ1v) is 9.61. The third kappa shape index (κ3) is 3.32. The van der Waals surface area contributed by atoms with E-state index in [9.17, 15) is 4.79 Å². The van der Waals surface area contributed by atoms with Crippen LogP contribution in [0.3, 0.4) is 0 Å². The number of para-hydroxylation sites is 1. The largest absolute Gasteiger partial charge is 0.383 e. The molecule has 0 aromatic heterocycles. The highest BCUT2D eigenvalue weighted by Crippen LogP contribution is 2.47. The predicted molar refractivity (Wildman–Crippen MR) is 105 cm³/mol. The van der Waals surface area contributed by atoms with Crippen LogP contribution in [-0.4, -0.2) is 43.2 Å². The number of benzene rings is 1. The van der Waals surface area contributed by atoms with Crippen LogP contribution in [0.25, 0.3) is 0 Å². The number of nitrogens with two attached hydrogens (primary N) is 1. The quantitative estimate of drug-likeness (QED) is 0.847. The van der Waals surface area contributed by atoms with Crippen molar-refractivity contribution in [1.29, 1.82) is 0 Å². The van der Waals surface area contributed by atoms with Gasteiger partial charge in [0.05, 0.1) is 24.6 Å². The van der Waals surface area contributed by atoms with E-state index in [2.05, 4.69) is 28.4 Å². The fourth-order valence-electron chi connectivity index (χ4n) is 5.10. The summed E-state index contributed by atoms with van der Waals surface area (Å²) in [6, 6.07) is 8.82. The normalized spacial score (nSPS) is 32.8. The summed E-state index contributed by atoms with van der Waals surface area (Å²) in [7, 11) is 1.75. The average Bonchev–Trinajstić information content (AvgIpc) is 3.07. The van der Waals surface area contributed by atoms with Crippen molar-refractivity contribution in [3.05, 3.63) is 29.8 Å². The number of anilines is 1. The van der Waals surface area contributed by atoms with Gasteiger partial charge in [-0.2, -0.15) is 0 Å². The summed E-state index contributed by atoms with van der Waals surface area (Å²) in [6.45, 7) is 1.49. The zero-order valence-electron chi connectivity index (χ0n) is 15.4. The van der Waals surface area contributed by atoms with Crippen molar-refractivity contribution in [2.24, 2.45) is 17.6 Å². The Labute approximate surface area is 162 Å². The van der Waals surface area contributed by atoms with E-state index in [1.807, 2.05) is 6.07 Å². The number of methoxy groups -OCH3 is 1. The summed E-state index contributed by atoms with van der Waals surface area (Å²) in [4.78, 5) is 15.5. The summed E-state index contributed by atoms with van der Waals surface area (Å²) < 4.78 is 5.45. The highest BCUT2D eigenvalue weighted by Gasteiger charge is 2.47. The lowest BCUT2D eigenvalue weighted by atomic mass is 9.81. The summed E-state index contributed by atoms with van der Waals surface area (Å²) >= 11 is 0. The molecule has 0 spiro atoms. The lowest BCUT2D eigenvalue weighted by Gasteiger charge is -2.41. The minimum absolute atomic E-state index is 0. The van der Waals surface area contributed by atoms with E-state index >= 15 is 0 Å². The Morgan fingerprint density at radius 2 is 2.04 bits per heavy atom. The SMILES string of the molecule is COCC1Nc2ccccc2[C@H]2[C@@H]1CCN2C(=O)[C@H]1CCCC[C@H]1N.Cl. The van der Waals surface area contributed by atoms with Crippen LogP contribution in [0.4, 0.5) is 5.69 Å². The molecular weight excluding hydrogens is 350 g/mol. The van der Waals surface area contributed by atoms with Crippen molar-refractivity contribution < 1.29 is 9.53 Å². The molecule has 1 aromatic carbocycles. The average molecular weight is 380 g/mol.